The van der Waals surface area contributed by atoms with E-state index in [9.17, 15) is 0 Å². The molecule has 0 rings (SSSR count). The van der Waals surface area contributed by atoms with Crippen molar-refractivity contribution in [1.82, 2.24) is 0 Å². The minimum Gasteiger partial charge on any atom is -0.131 e. The van der Waals surface area contributed by atoms with E-state index in [4.69, 9.17) is 0 Å². The van der Waals surface area contributed by atoms with Crippen molar-refractivity contribution in [2.75, 3.05) is 5.75 Å². The van der Waals surface area contributed by atoms with Gasteiger partial charge in [-0.05, 0) is 30.4 Å². The van der Waals surface area contributed by atoms with E-state index in [-0.39, 0.29) is 0 Å². The third kappa shape index (κ3) is 4.58. The molecule has 0 spiro atoms. The number of hydrogen-bond donors (Lipinski definition) is 0. The maximum absolute atomic E-state index is 3.77. The summed E-state index contributed by atoms with van der Waals surface area (Å²) < 4.78 is 0. The highest BCUT2D eigenvalue weighted by atomic mass is 32.2. The normalized spacial score (nSPS) is 12.1. The number of hydrogen-bond acceptors (Lipinski definition) is 1. The van der Waals surface area contributed by atoms with Crippen LogP contribution in [-0.2, 0) is 0 Å². The summed E-state index contributed by atoms with van der Waals surface area (Å²) in [6.45, 7) is 8.13. The maximum Gasteiger partial charge on any atom is -0.00518 e. The Kier molecular flexibility index (Phi) is 6.28. The molecule has 0 aromatic heterocycles. The van der Waals surface area contributed by atoms with Crippen LogP contribution in [-0.4, -0.2) is 5.75 Å². The molecule has 0 nitrogen and oxygen atoms in total. The molecule has 0 unspecified atom stereocenters. The molecule has 0 atom stereocenters. The summed E-state index contributed by atoms with van der Waals surface area (Å²) in [5.74, 6) is 1.18. The van der Waals surface area contributed by atoms with Crippen LogP contribution in [0.15, 0.2) is 11.0 Å². The number of rotatable bonds is 4. The van der Waals surface area contributed by atoms with Crippen molar-refractivity contribution in [2.24, 2.45) is 0 Å². The van der Waals surface area contributed by atoms with E-state index in [0.29, 0.717) is 0 Å². The Morgan fingerprint density at radius 3 is 2.56 bits per heavy atom. The molecule has 0 saturated carbocycles. The molecule has 0 fully saturated rings. The predicted molar refractivity (Wildman–Crippen MR) is 46.5 cm³/mol. The summed E-state index contributed by atoms with van der Waals surface area (Å²) in [5.41, 5.74) is 0. The molecule has 1 heteroatoms. The van der Waals surface area contributed by atoms with E-state index in [1.165, 1.54) is 10.7 Å². The molecule has 0 aliphatic carbocycles. The van der Waals surface area contributed by atoms with Gasteiger partial charge in [0.1, 0.15) is 0 Å². The first-order valence-corrected chi connectivity index (χ1v) is 4.44. The first-order valence-electron chi connectivity index (χ1n) is 3.46. The summed E-state index contributed by atoms with van der Waals surface area (Å²) in [6.07, 6.45) is 4.29. The average molecular weight is 143 g/mol. The zero-order chi connectivity index (χ0) is 7.11. The topological polar surface area (TPSA) is 0 Å². The fourth-order valence-corrected chi connectivity index (χ4v) is 1.46. The lowest BCUT2D eigenvalue weighted by molar-refractivity contribution is 1.17. The first kappa shape index (κ1) is 9.09. The molecule has 53 valence electrons. The van der Waals surface area contributed by atoms with E-state index in [2.05, 4.69) is 26.8 Å². The zero-order valence-corrected chi connectivity index (χ0v) is 7.13. The van der Waals surface area contributed by atoms with Gasteiger partial charge in [-0.15, -0.1) is 11.8 Å². The molecule has 9 heavy (non-hydrogen) atoms. The molecule has 1 radical (unpaired) electrons. The van der Waals surface area contributed by atoms with Crippen molar-refractivity contribution >= 4 is 11.8 Å². The molecular weight excluding hydrogens is 128 g/mol. The standard InChI is InChI=1S/C8H15S/c1-4-7-8(5-2)9-6-3/h7H,1,4-6H2,2-3H3. The second kappa shape index (κ2) is 6.21. The maximum atomic E-state index is 3.77. The molecular formula is C8H15S. The van der Waals surface area contributed by atoms with Gasteiger partial charge in [0, 0.05) is 0 Å². The summed E-state index contributed by atoms with van der Waals surface area (Å²) in [4.78, 5) is 1.48. The highest BCUT2D eigenvalue weighted by Gasteiger charge is 1.89. The lowest BCUT2D eigenvalue weighted by atomic mass is 10.3. The van der Waals surface area contributed by atoms with Gasteiger partial charge in [-0.3, -0.25) is 0 Å². The van der Waals surface area contributed by atoms with Crippen LogP contribution in [0.2, 0.25) is 0 Å². The smallest absolute Gasteiger partial charge is 0.00518 e. The Bertz CT molecular complexity index is 84.6. The fraction of sp³-hybridized carbons (Fsp3) is 0.625. The van der Waals surface area contributed by atoms with Crippen LogP contribution < -0.4 is 0 Å². The van der Waals surface area contributed by atoms with Crippen LogP contribution in [0.25, 0.3) is 0 Å². The van der Waals surface area contributed by atoms with Gasteiger partial charge in [-0.2, -0.15) is 0 Å². The summed E-state index contributed by atoms with van der Waals surface area (Å²) >= 11 is 1.92. The van der Waals surface area contributed by atoms with Crippen LogP contribution in [0.3, 0.4) is 0 Å². The van der Waals surface area contributed by atoms with Crippen LogP contribution in [0.5, 0.6) is 0 Å². The molecule has 0 aliphatic rings. The Morgan fingerprint density at radius 2 is 2.22 bits per heavy atom. The monoisotopic (exact) mass is 143 g/mol. The minimum atomic E-state index is 0.927. The van der Waals surface area contributed by atoms with Crippen LogP contribution in [0.4, 0.5) is 0 Å². The van der Waals surface area contributed by atoms with E-state index in [0.717, 1.165) is 12.8 Å². The third-order valence-corrected chi connectivity index (χ3v) is 2.17. The molecule has 0 heterocycles. The molecule has 0 aromatic carbocycles. The van der Waals surface area contributed by atoms with E-state index in [1.807, 2.05) is 11.8 Å². The lowest BCUT2D eigenvalue weighted by Gasteiger charge is -1.98. The minimum absolute atomic E-state index is 0.927. The zero-order valence-electron chi connectivity index (χ0n) is 6.31. The number of allylic oxidation sites excluding steroid dienone is 2. The first-order chi connectivity index (χ1) is 4.35. The Labute approximate surface area is 62.7 Å². The summed E-state index contributed by atoms with van der Waals surface area (Å²) in [6, 6.07) is 0. The van der Waals surface area contributed by atoms with Crippen LogP contribution in [0, 0.1) is 6.92 Å². The molecule has 0 N–H and O–H groups in total. The van der Waals surface area contributed by atoms with Gasteiger partial charge in [0.25, 0.3) is 0 Å². The summed E-state index contributed by atoms with van der Waals surface area (Å²) in [5, 5.41) is 0. The predicted octanol–water partition coefficient (Wildman–Crippen LogP) is 3.26. The van der Waals surface area contributed by atoms with Crippen LogP contribution >= 0.6 is 11.8 Å². The van der Waals surface area contributed by atoms with Gasteiger partial charge in [-0.25, -0.2) is 0 Å². The Morgan fingerprint density at radius 1 is 1.56 bits per heavy atom. The second-order valence-corrected chi connectivity index (χ2v) is 3.14. The third-order valence-electron chi connectivity index (χ3n) is 1.05. The van der Waals surface area contributed by atoms with Crippen molar-refractivity contribution < 1.29 is 0 Å². The lowest BCUT2D eigenvalue weighted by Crippen LogP contribution is -1.74. The quantitative estimate of drug-likeness (QED) is 0.582. The highest BCUT2D eigenvalue weighted by molar-refractivity contribution is 8.03. The number of thioether (sulfide) groups is 1. The van der Waals surface area contributed by atoms with Crippen LogP contribution in [0.1, 0.15) is 26.7 Å². The van der Waals surface area contributed by atoms with E-state index in [1.54, 1.807) is 0 Å². The van der Waals surface area contributed by atoms with Crippen molar-refractivity contribution in [2.45, 2.75) is 26.7 Å². The van der Waals surface area contributed by atoms with Gasteiger partial charge in [0.05, 0.1) is 0 Å². The second-order valence-electron chi connectivity index (χ2n) is 1.75. The van der Waals surface area contributed by atoms with Crippen molar-refractivity contribution in [3.8, 4) is 0 Å². The average Bonchev–Trinajstić information content (AvgIpc) is 1.88. The van der Waals surface area contributed by atoms with Crippen molar-refractivity contribution in [3.05, 3.63) is 17.9 Å². The SMILES string of the molecule is [CH2]CC=C(CC)SCC. The van der Waals surface area contributed by atoms with Gasteiger partial charge in [0.2, 0.25) is 0 Å². The van der Waals surface area contributed by atoms with Crippen molar-refractivity contribution in [1.29, 1.82) is 0 Å². The molecule has 0 amide bonds. The fourth-order valence-electron chi connectivity index (χ4n) is 0.652. The van der Waals surface area contributed by atoms with Gasteiger partial charge in [-0.1, -0.05) is 19.9 Å². The largest absolute Gasteiger partial charge is 0.131 e. The molecule has 0 aromatic rings. The van der Waals surface area contributed by atoms with Gasteiger partial charge < -0.3 is 0 Å². The Balaban J connectivity index is 3.53. The van der Waals surface area contributed by atoms with Crippen molar-refractivity contribution in [3.63, 3.8) is 0 Å². The highest BCUT2D eigenvalue weighted by Crippen LogP contribution is 2.18. The molecule has 0 aliphatic heterocycles. The molecule has 0 bridgehead atoms. The molecule has 0 saturated heterocycles. The van der Waals surface area contributed by atoms with Gasteiger partial charge in [0.15, 0.2) is 0 Å². The van der Waals surface area contributed by atoms with E-state index < -0.39 is 0 Å². The van der Waals surface area contributed by atoms with Gasteiger partial charge >= 0.3 is 0 Å². The Hall–Kier alpha value is 0.0900. The summed E-state index contributed by atoms with van der Waals surface area (Å²) in [7, 11) is 0. The van der Waals surface area contributed by atoms with E-state index >= 15 is 0 Å².